The number of hydrogen-bond donors (Lipinski definition) is 1. The van der Waals surface area contributed by atoms with Crippen LogP contribution in [0.25, 0.3) is 0 Å². The fourth-order valence-corrected chi connectivity index (χ4v) is 2.10. The number of halogens is 1. The second-order valence-electron chi connectivity index (χ2n) is 4.54. The molecule has 0 fully saturated rings. The lowest BCUT2D eigenvalue weighted by Crippen LogP contribution is -2.36. The van der Waals surface area contributed by atoms with Gasteiger partial charge in [-0.3, -0.25) is 4.79 Å². The lowest BCUT2D eigenvalue weighted by molar-refractivity contribution is 0.0719. The first-order valence-electron chi connectivity index (χ1n) is 6.71. The number of hydrogen-bond acceptors (Lipinski definition) is 2. The second-order valence-corrected chi connectivity index (χ2v) is 4.54. The largest absolute Gasteiger partial charge is 0.384 e. The van der Waals surface area contributed by atoms with Crippen LogP contribution in [0.4, 0.5) is 4.39 Å². The Bertz CT molecular complexity index is 527. The molecule has 0 atom stereocenters. The summed E-state index contributed by atoms with van der Waals surface area (Å²) in [5, 5.41) is 8.60. The van der Waals surface area contributed by atoms with Crippen LogP contribution in [-0.2, 0) is 0 Å². The summed E-state index contributed by atoms with van der Waals surface area (Å²) in [7, 11) is 1.69. The molecule has 1 amide bonds. The van der Waals surface area contributed by atoms with E-state index in [0.29, 0.717) is 5.56 Å². The molecule has 4 heteroatoms. The van der Waals surface area contributed by atoms with Crippen LogP contribution in [0.2, 0.25) is 0 Å². The monoisotopic (exact) mass is 277 g/mol. The summed E-state index contributed by atoms with van der Waals surface area (Å²) in [5.41, 5.74) is 0.493. The predicted octanol–water partition coefficient (Wildman–Crippen LogP) is 2.43. The summed E-state index contributed by atoms with van der Waals surface area (Å²) in [4.78, 5) is 13.8. The molecule has 0 saturated heterocycles. The van der Waals surface area contributed by atoms with Crippen molar-refractivity contribution in [3.05, 3.63) is 35.1 Å². The normalized spacial score (nSPS) is 10.1. The Morgan fingerprint density at radius 1 is 1.40 bits per heavy atom. The molecule has 0 bridgehead atoms. The van der Waals surface area contributed by atoms with Gasteiger partial charge in [0.2, 0.25) is 0 Å². The standard InChI is InChI=1S/C16H20FNO2/c1-4-13(5-2)18(3)16(20)14-9-8-12(7-6-10-19)11-15(14)17/h8-9,11,13,19H,4-5,10H2,1-3H3. The quantitative estimate of drug-likeness (QED) is 0.859. The van der Waals surface area contributed by atoms with Gasteiger partial charge in [0.25, 0.3) is 5.91 Å². The Morgan fingerprint density at radius 3 is 2.55 bits per heavy atom. The fourth-order valence-electron chi connectivity index (χ4n) is 2.10. The van der Waals surface area contributed by atoms with E-state index < -0.39 is 5.82 Å². The minimum Gasteiger partial charge on any atom is -0.384 e. The molecule has 0 aliphatic carbocycles. The van der Waals surface area contributed by atoms with Crippen molar-refractivity contribution in [2.24, 2.45) is 0 Å². The van der Waals surface area contributed by atoms with Crippen molar-refractivity contribution in [3.8, 4) is 11.8 Å². The van der Waals surface area contributed by atoms with Crippen molar-refractivity contribution in [2.45, 2.75) is 32.7 Å². The van der Waals surface area contributed by atoms with Crippen molar-refractivity contribution in [1.82, 2.24) is 4.90 Å². The van der Waals surface area contributed by atoms with Crippen LogP contribution in [0.1, 0.15) is 42.6 Å². The molecule has 0 unspecified atom stereocenters. The van der Waals surface area contributed by atoms with Gasteiger partial charge in [-0.2, -0.15) is 0 Å². The van der Waals surface area contributed by atoms with E-state index in [4.69, 9.17) is 5.11 Å². The fraction of sp³-hybridized carbons (Fsp3) is 0.438. The Kier molecular flexibility index (Phi) is 6.20. The van der Waals surface area contributed by atoms with E-state index in [0.717, 1.165) is 12.8 Å². The molecular formula is C16H20FNO2. The lowest BCUT2D eigenvalue weighted by atomic mass is 10.1. The number of nitrogens with zero attached hydrogens (tertiary/aromatic N) is 1. The minimum atomic E-state index is -0.586. The predicted molar refractivity (Wildman–Crippen MR) is 76.8 cm³/mol. The molecule has 108 valence electrons. The summed E-state index contributed by atoms with van der Waals surface area (Å²) in [6.07, 6.45) is 1.67. The number of rotatable bonds is 4. The minimum absolute atomic E-state index is 0.0500. The number of carbonyl (C=O) groups excluding carboxylic acids is 1. The Balaban J connectivity index is 2.99. The average Bonchev–Trinajstić information content (AvgIpc) is 2.45. The second kappa shape index (κ2) is 7.66. The van der Waals surface area contributed by atoms with Crippen LogP contribution in [0.3, 0.4) is 0 Å². The highest BCUT2D eigenvalue weighted by atomic mass is 19.1. The van der Waals surface area contributed by atoms with Crippen molar-refractivity contribution < 1.29 is 14.3 Å². The van der Waals surface area contributed by atoms with E-state index in [-0.39, 0.29) is 24.1 Å². The number of aliphatic hydroxyl groups excluding tert-OH is 1. The number of aliphatic hydroxyl groups is 1. The van der Waals surface area contributed by atoms with Gasteiger partial charge in [-0.15, -0.1) is 0 Å². The van der Waals surface area contributed by atoms with Gasteiger partial charge < -0.3 is 10.0 Å². The smallest absolute Gasteiger partial charge is 0.256 e. The van der Waals surface area contributed by atoms with Gasteiger partial charge in [0.05, 0.1) is 5.56 Å². The van der Waals surface area contributed by atoms with Gasteiger partial charge in [-0.05, 0) is 31.0 Å². The van der Waals surface area contributed by atoms with E-state index in [1.165, 1.54) is 12.1 Å². The third-order valence-corrected chi connectivity index (χ3v) is 3.32. The number of amides is 1. The maximum Gasteiger partial charge on any atom is 0.256 e. The molecule has 0 heterocycles. The highest BCUT2D eigenvalue weighted by Gasteiger charge is 2.21. The van der Waals surface area contributed by atoms with Crippen molar-refractivity contribution in [1.29, 1.82) is 0 Å². The maximum absolute atomic E-state index is 14.0. The van der Waals surface area contributed by atoms with Crippen LogP contribution in [0.15, 0.2) is 18.2 Å². The first-order valence-corrected chi connectivity index (χ1v) is 6.71. The van der Waals surface area contributed by atoms with Gasteiger partial charge in [-0.25, -0.2) is 4.39 Å². The molecular weight excluding hydrogens is 257 g/mol. The van der Waals surface area contributed by atoms with E-state index >= 15 is 0 Å². The average molecular weight is 277 g/mol. The summed E-state index contributed by atoms with van der Waals surface area (Å²) < 4.78 is 14.0. The van der Waals surface area contributed by atoms with Crippen LogP contribution in [0.5, 0.6) is 0 Å². The molecule has 1 rings (SSSR count). The highest BCUT2D eigenvalue weighted by molar-refractivity contribution is 5.94. The van der Waals surface area contributed by atoms with E-state index in [2.05, 4.69) is 11.8 Å². The molecule has 20 heavy (non-hydrogen) atoms. The summed E-state index contributed by atoms with van der Waals surface area (Å²) in [5.74, 6) is 4.15. The molecule has 1 aromatic carbocycles. The van der Waals surface area contributed by atoms with Gasteiger partial charge in [0, 0.05) is 18.7 Å². The summed E-state index contributed by atoms with van der Waals surface area (Å²) in [6, 6.07) is 4.35. The van der Waals surface area contributed by atoms with Crippen LogP contribution >= 0.6 is 0 Å². The van der Waals surface area contributed by atoms with Crippen LogP contribution in [0, 0.1) is 17.7 Å². The first-order chi connectivity index (χ1) is 9.54. The van der Waals surface area contributed by atoms with Gasteiger partial charge in [0.1, 0.15) is 12.4 Å². The zero-order valence-electron chi connectivity index (χ0n) is 12.1. The third kappa shape index (κ3) is 3.82. The van der Waals surface area contributed by atoms with E-state index in [9.17, 15) is 9.18 Å². The maximum atomic E-state index is 14.0. The van der Waals surface area contributed by atoms with Crippen molar-refractivity contribution >= 4 is 5.91 Å². The molecule has 0 aliphatic heterocycles. The summed E-state index contributed by atoms with van der Waals surface area (Å²) in [6.45, 7) is 3.73. The van der Waals surface area contributed by atoms with Crippen LogP contribution in [-0.4, -0.2) is 35.6 Å². The molecule has 0 spiro atoms. The van der Waals surface area contributed by atoms with E-state index in [1.807, 2.05) is 13.8 Å². The van der Waals surface area contributed by atoms with Gasteiger partial charge in [0.15, 0.2) is 0 Å². The highest BCUT2D eigenvalue weighted by Crippen LogP contribution is 2.15. The molecule has 1 aromatic rings. The number of benzene rings is 1. The number of carbonyl (C=O) groups is 1. The van der Waals surface area contributed by atoms with Gasteiger partial charge >= 0.3 is 0 Å². The zero-order chi connectivity index (χ0) is 15.1. The zero-order valence-corrected chi connectivity index (χ0v) is 12.1. The van der Waals surface area contributed by atoms with Crippen LogP contribution < -0.4 is 0 Å². The molecule has 0 radical (unpaired) electrons. The van der Waals surface area contributed by atoms with Crippen molar-refractivity contribution in [2.75, 3.05) is 13.7 Å². The third-order valence-electron chi connectivity index (χ3n) is 3.32. The Morgan fingerprint density at radius 2 is 2.05 bits per heavy atom. The molecule has 0 aromatic heterocycles. The first kappa shape index (κ1) is 16.2. The van der Waals surface area contributed by atoms with E-state index in [1.54, 1.807) is 18.0 Å². The van der Waals surface area contributed by atoms with Crippen molar-refractivity contribution in [3.63, 3.8) is 0 Å². The molecule has 0 saturated carbocycles. The molecule has 1 N–H and O–H groups in total. The Hall–Kier alpha value is -1.86. The topological polar surface area (TPSA) is 40.5 Å². The molecule has 0 aliphatic rings. The Labute approximate surface area is 119 Å². The lowest BCUT2D eigenvalue weighted by Gasteiger charge is -2.26. The molecule has 3 nitrogen and oxygen atoms in total. The van der Waals surface area contributed by atoms with Gasteiger partial charge in [-0.1, -0.05) is 25.7 Å². The summed E-state index contributed by atoms with van der Waals surface area (Å²) >= 11 is 0. The SMILES string of the molecule is CCC(CC)N(C)C(=O)c1ccc(C#CCO)cc1F.